The van der Waals surface area contributed by atoms with Gasteiger partial charge in [0.25, 0.3) is 0 Å². The molecule has 96 valence electrons. The normalized spacial score (nSPS) is 19.1. The number of rotatable bonds is 0. The summed E-state index contributed by atoms with van der Waals surface area (Å²) in [6.07, 6.45) is 5.90. The van der Waals surface area contributed by atoms with Crippen molar-refractivity contribution in [2.75, 3.05) is 12.3 Å². The molecule has 3 heteroatoms. The van der Waals surface area contributed by atoms with Gasteiger partial charge in [-0.25, -0.2) is 4.98 Å². The molecule has 1 saturated heterocycles. The minimum absolute atomic E-state index is 0.600. The largest absolute Gasteiger partial charge is 0.383 e. The van der Waals surface area contributed by atoms with Crippen molar-refractivity contribution in [3.05, 3.63) is 36.5 Å². The third kappa shape index (κ3) is 3.44. The van der Waals surface area contributed by atoms with E-state index >= 15 is 0 Å². The van der Waals surface area contributed by atoms with Crippen molar-refractivity contribution < 1.29 is 0 Å². The van der Waals surface area contributed by atoms with Gasteiger partial charge in [0.15, 0.2) is 0 Å². The minimum atomic E-state index is 0.600. The molecule has 1 unspecified atom stereocenters. The van der Waals surface area contributed by atoms with Crippen LogP contribution in [0, 0.1) is 0 Å². The van der Waals surface area contributed by atoms with Gasteiger partial charge in [0.1, 0.15) is 5.82 Å². The summed E-state index contributed by atoms with van der Waals surface area (Å²) in [5.74, 6) is 0.600. The Kier molecular flexibility index (Phi) is 4.53. The number of nitrogens with zero attached hydrogens (tertiary/aromatic N) is 1. The third-order valence-electron chi connectivity index (χ3n) is 3.26. The van der Waals surface area contributed by atoms with Crippen molar-refractivity contribution >= 4 is 16.6 Å². The fourth-order valence-corrected chi connectivity index (χ4v) is 2.17. The van der Waals surface area contributed by atoms with E-state index in [2.05, 4.69) is 17.2 Å². The van der Waals surface area contributed by atoms with Crippen molar-refractivity contribution in [2.24, 2.45) is 0 Å². The van der Waals surface area contributed by atoms with Gasteiger partial charge in [-0.05, 0) is 37.8 Å². The molecule has 2 heterocycles. The zero-order valence-electron chi connectivity index (χ0n) is 10.9. The number of nitrogen functional groups attached to an aromatic ring is 1. The molecule has 1 aliphatic heterocycles. The van der Waals surface area contributed by atoms with E-state index in [0.29, 0.717) is 5.82 Å². The van der Waals surface area contributed by atoms with Crippen molar-refractivity contribution in [2.45, 2.75) is 32.2 Å². The van der Waals surface area contributed by atoms with Crippen LogP contribution in [-0.4, -0.2) is 17.6 Å². The predicted octanol–water partition coefficient (Wildman–Crippen LogP) is 2.97. The fourth-order valence-electron chi connectivity index (χ4n) is 2.17. The molecule has 0 bridgehead atoms. The summed E-state index contributed by atoms with van der Waals surface area (Å²) < 4.78 is 0. The van der Waals surface area contributed by atoms with E-state index in [1.807, 2.05) is 30.3 Å². The quantitative estimate of drug-likeness (QED) is 0.748. The zero-order valence-corrected chi connectivity index (χ0v) is 10.9. The molecule has 0 amide bonds. The number of aromatic nitrogens is 1. The van der Waals surface area contributed by atoms with Crippen LogP contribution in [-0.2, 0) is 0 Å². The highest BCUT2D eigenvalue weighted by molar-refractivity contribution is 5.90. The average Bonchev–Trinajstić information content (AvgIpc) is 2.41. The molecular weight excluding hydrogens is 222 g/mol. The molecule has 1 aromatic carbocycles. The standard InChI is InChI=1S/C9H8N2.C6H13N/c10-9-8-4-2-1-3-7(8)5-6-11-9;1-6-4-2-3-5-7-6/h1-6H,(H2,10,11);6-7H,2-5H2,1H3. The maximum atomic E-state index is 5.65. The number of fused-ring (bicyclic) bond motifs is 1. The van der Waals surface area contributed by atoms with Crippen LogP contribution in [0.3, 0.4) is 0 Å². The molecular formula is C15H21N3. The molecule has 0 saturated carbocycles. The first-order valence-corrected chi connectivity index (χ1v) is 6.60. The van der Waals surface area contributed by atoms with Gasteiger partial charge in [0, 0.05) is 17.6 Å². The molecule has 0 aliphatic carbocycles. The highest BCUT2D eigenvalue weighted by Crippen LogP contribution is 2.16. The van der Waals surface area contributed by atoms with E-state index in [-0.39, 0.29) is 0 Å². The molecule has 0 radical (unpaired) electrons. The first-order chi connectivity index (χ1) is 8.77. The molecule has 3 rings (SSSR count). The minimum Gasteiger partial charge on any atom is -0.383 e. The Balaban J connectivity index is 0.000000149. The summed E-state index contributed by atoms with van der Waals surface area (Å²) in [6.45, 7) is 3.49. The number of pyridine rings is 1. The SMILES string of the molecule is CC1CCCCN1.Nc1nccc2ccccc12. The van der Waals surface area contributed by atoms with Crippen molar-refractivity contribution in [3.63, 3.8) is 0 Å². The van der Waals surface area contributed by atoms with Gasteiger partial charge in [-0.2, -0.15) is 0 Å². The monoisotopic (exact) mass is 243 g/mol. The highest BCUT2D eigenvalue weighted by Gasteiger charge is 2.04. The van der Waals surface area contributed by atoms with Gasteiger partial charge in [0.05, 0.1) is 0 Å². The Bertz CT molecular complexity index is 485. The molecule has 3 nitrogen and oxygen atoms in total. The topological polar surface area (TPSA) is 50.9 Å². The van der Waals surface area contributed by atoms with E-state index in [1.165, 1.54) is 25.8 Å². The van der Waals surface area contributed by atoms with Crippen LogP contribution in [0.4, 0.5) is 5.82 Å². The lowest BCUT2D eigenvalue weighted by Gasteiger charge is -2.18. The molecule has 1 atom stereocenters. The first-order valence-electron chi connectivity index (χ1n) is 6.60. The number of hydrogen-bond donors (Lipinski definition) is 2. The van der Waals surface area contributed by atoms with Crippen LogP contribution in [0.2, 0.25) is 0 Å². The summed E-state index contributed by atoms with van der Waals surface area (Å²) in [4.78, 5) is 3.99. The van der Waals surface area contributed by atoms with Crippen LogP contribution in [0.1, 0.15) is 26.2 Å². The number of benzene rings is 1. The van der Waals surface area contributed by atoms with Gasteiger partial charge in [-0.3, -0.25) is 0 Å². The molecule has 0 spiro atoms. The van der Waals surface area contributed by atoms with Crippen LogP contribution in [0.15, 0.2) is 36.5 Å². The van der Waals surface area contributed by atoms with E-state index in [1.54, 1.807) is 6.20 Å². The average molecular weight is 243 g/mol. The molecule has 1 fully saturated rings. The Hall–Kier alpha value is -1.61. The Morgan fingerprint density at radius 1 is 1.22 bits per heavy atom. The van der Waals surface area contributed by atoms with Gasteiger partial charge in [-0.1, -0.05) is 30.7 Å². The third-order valence-corrected chi connectivity index (χ3v) is 3.26. The van der Waals surface area contributed by atoms with E-state index in [9.17, 15) is 0 Å². The summed E-state index contributed by atoms with van der Waals surface area (Å²) in [5, 5.41) is 5.54. The number of nitrogens with two attached hydrogens (primary N) is 1. The van der Waals surface area contributed by atoms with E-state index in [0.717, 1.165) is 16.8 Å². The lowest BCUT2D eigenvalue weighted by atomic mass is 10.1. The van der Waals surface area contributed by atoms with Crippen LogP contribution >= 0.6 is 0 Å². The summed E-state index contributed by atoms with van der Waals surface area (Å²) in [5.41, 5.74) is 5.65. The molecule has 18 heavy (non-hydrogen) atoms. The zero-order chi connectivity index (χ0) is 12.8. The van der Waals surface area contributed by atoms with E-state index in [4.69, 9.17) is 5.73 Å². The molecule has 1 aliphatic rings. The lowest BCUT2D eigenvalue weighted by molar-refractivity contribution is 0.425. The molecule has 3 N–H and O–H groups in total. The Morgan fingerprint density at radius 2 is 2.06 bits per heavy atom. The Morgan fingerprint density at radius 3 is 2.67 bits per heavy atom. The lowest BCUT2D eigenvalue weighted by Crippen LogP contribution is -2.30. The second-order valence-electron chi connectivity index (χ2n) is 4.77. The van der Waals surface area contributed by atoms with Crippen molar-refractivity contribution in [1.29, 1.82) is 0 Å². The molecule has 1 aromatic heterocycles. The van der Waals surface area contributed by atoms with Crippen LogP contribution in [0.5, 0.6) is 0 Å². The number of piperidine rings is 1. The number of anilines is 1. The van der Waals surface area contributed by atoms with Gasteiger partial charge in [0.2, 0.25) is 0 Å². The highest BCUT2D eigenvalue weighted by atomic mass is 14.9. The van der Waals surface area contributed by atoms with Crippen LogP contribution in [0.25, 0.3) is 10.8 Å². The predicted molar refractivity (Wildman–Crippen MR) is 77.5 cm³/mol. The maximum Gasteiger partial charge on any atom is 0.131 e. The fraction of sp³-hybridized carbons (Fsp3) is 0.400. The van der Waals surface area contributed by atoms with Gasteiger partial charge < -0.3 is 11.1 Å². The number of hydrogen-bond acceptors (Lipinski definition) is 3. The van der Waals surface area contributed by atoms with Crippen molar-refractivity contribution in [1.82, 2.24) is 10.3 Å². The first kappa shape index (κ1) is 12.8. The second kappa shape index (κ2) is 6.36. The van der Waals surface area contributed by atoms with Crippen molar-refractivity contribution in [3.8, 4) is 0 Å². The van der Waals surface area contributed by atoms with Crippen LogP contribution < -0.4 is 11.1 Å². The van der Waals surface area contributed by atoms with Gasteiger partial charge >= 0.3 is 0 Å². The Labute approximate surface area is 108 Å². The van der Waals surface area contributed by atoms with E-state index < -0.39 is 0 Å². The van der Waals surface area contributed by atoms with Gasteiger partial charge in [-0.15, -0.1) is 0 Å². The summed E-state index contributed by atoms with van der Waals surface area (Å²) in [7, 11) is 0. The summed E-state index contributed by atoms with van der Waals surface area (Å²) in [6, 6.07) is 10.7. The summed E-state index contributed by atoms with van der Waals surface area (Å²) >= 11 is 0. The smallest absolute Gasteiger partial charge is 0.131 e. The maximum absolute atomic E-state index is 5.65. The second-order valence-corrected chi connectivity index (χ2v) is 4.77. The number of nitrogens with one attached hydrogen (secondary N) is 1. The molecule has 2 aromatic rings.